The molecule has 1 aromatic carbocycles. The number of nitrogens with one attached hydrogen (secondary N) is 1. The first-order chi connectivity index (χ1) is 15.7. The summed E-state index contributed by atoms with van der Waals surface area (Å²) in [7, 11) is 0. The summed E-state index contributed by atoms with van der Waals surface area (Å²) in [6.07, 6.45) is 9.85. The van der Waals surface area contributed by atoms with E-state index < -0.39 is 0 Å². The van der Waals surface area contributed by atoms with E-state index in [0.29, 0.717) is 5.92 Å². The third-order valence-electron chi connectivity index (χ3n) is 7.04. The lowest BCUT2D eigenvalue weighted by Gasteiger charge is -2.33. The predicted octanol–water partition coefficient (Wildman–Crippen LogP) is 4.85. The molecule has 6 nitrogen and oxygen atoms in total. The summed E-state index contributed by atoms with van der Waals surface area (Å²) >= 11 is 0. The minimum absolute atomic E-state index is 0.0774. The van der Waals surface area contributed by atoms with Crippen LogP contribution in [0.5, 0.6) is 0 Å². The number of hydrogen-bond acceptors (Lipinski definition) is 5. The number of pyridine rings is 2. The van der Waals surface area contributed by atoms with E-state index in [1.54, 1.807) is 6.07 Å². The first-order valence-electron chi connectivity index (χ1n) is 12.0. The van der Waals surface area contributed by atoms with E-state index in [2.05, 4.69) is 39.5 Å². The summed E-state index contributed by atoms with van der Waals surface area (Å²) in [5.41, 5.74) is 3.20. The largest absolute Gasteiger partial charge is 0.396 e. The van der Waals surface area contributed by atoms with Crippen LogP contribution in [0.25, 0.3) is 10.9 Å². The molecule has 1 saturated heterocycles. The smallest absolute Gasteiger partial charge is 0.251 e. The second-order valence-corrected chi connectivity index (χ2v) is 9.27. The van der Waals surface area contributed by atoms with E-state index in [1.165, 1.54) is 24.9 Å². The molecule has 0 radical (unpaired) electrons. The Hall–Kier alpha value is -2.86. The molecule has 168 valence electrons. The minimum Gasteiger partial charge on any atom is -0.396 e. The van der Waals surface area contributed by atoms with Gasteiger partial charge in [-0.25, -0.2) is 4.98 Å². The number of nitrogens with zero attached hydrogens (tertiary/aromatic N) is 3. The fourth-order valence-corrected chi connectivity index (χ4v) is 5.29. The zero-order valence-electron chi connectivity index (χ0n) is 18.5. The van der Waals surface area contributed by atoms with Gasteiger partial charge in [-0.1, -0.05) is 19.3 Å². The Morgan fingerprint density at radius 1 is 1.00 bits per heavy atom. The number of aliphatic hydroxyl groups is 1. The average molecular weight is 433 g/mol. The molecule has 0 bridgehead atoms. The van der Waals surface area contributed by atoms with Crippen LogP contribution < -0.4 is 15.8 Å². The molecule has 2 aromatic heterocycles. The van der Waals surface area contributed by atoms with Crippen LogP contribution in [-0.2, 0) is 0 Å². The summed E-state index contributed by atoms with van der Waals surface area (Å²) < 4.78 is 1.98. The maximum Gasteiger partial charge on any atom is 0.251 e. The first kappa shape index (κ1) is 21.0. The topological polar surface area (TPSA) is 70.4 Å². The highest BCUT2D eigenvalue weighted by atomic mass is 16.3. The lowest BCUT2D eigenvalue weighted by molar-refractivity contribution is 0.209. The van der Waals surface area contributed by atoms with Crippen molar-refractivity contribution < 1.29 is 5.11 Å². The van der Waals surface area contributed by atoms with Crippen LogP contribution in [0, 0.1) is 5.92 Å². The summed E-state index contributed by atoms with van der Waals surface area (Å²) in [5, 5.41) is 13.9. The van der Waals surface area contributed by atoms with Crippen LogP contribution in [0.15, 0.2) is 53.5 Å². The minimum atomic E-state index is 0.0774. The van der Waals surface area contributed by atoms with Gasteiger partial charge in [-0.3, -0.25) is 4.79 Å². The maximum absolute atomic E-state index is 12.7. The quantitative estimate of drug-likeness (QED) is 0.603. The first-order valence-corrected chi connectivity index (χ1v) is 12.0. The van der Waals surface area contributed by atoms with Crippen molar-refractivity contribution in [2.24, 2.45) is 5.92 Å². The molecule has 3 aromatic rings. The van der Waals surface area contributed by atoms with Crippen molar-refractivity contribution in [2.75, 3.05) is 29.9 Å². The van der Waals surface area contributed by atoms with Gasteiger partial charge in [-0.15, -0.1) is 0 Å². The van der Waals surface area contributed by atoms with E-state index in [-0.39, 0.29) is 18.2 Å². The molecule has 2 N–H and O–H groups in total. The molecule has 1 aliphatic carbocycles. The van der Waals surface area contributed by atoms with E-state index in [4.69, 9.17) is 0 Å². The zero-order valence-corrected chi connectivity index (χ0v) is 18.5. The fourth-order valence-electron chi connectivity index (χ4n) is 5.29. The number of hydrogen-bond donors (Lipinski definition) is 2. The van der Waals surface area contributed by atoms with Gasteiger partial charge in [0.1, 0.15) is 5.82 Å². The molecule has 1 saturated carbocycles. The van der Waals surface area contributed by atoms with Crippen molar-refractivity contribution in [1.29, 1.82) is 0 Å². The average Bonchev–Trinajstić information content (AvgIpc) is 2.85. The van der Waals surface area contributed by atoms with Crippen LogP contribution in [0.1, 0.15) is 51.0 Å². The van der Waals surface area contributed by atoms with Gasteiger partial charge in [-0.2, -0.15) is 0 Å². The van der Waals surface area contributed by atoms with Crippen LogP contribution in [0.2, 0.25) is 0 Å². The maximum atomic E-state index is 12.7. The van der Waals surface area contributed by atoms with Crippen LogP contribution in [-0.4, -0.2) is 34.4 Å². The molecular weight excluding hydrogens is 400 g/mol. The Morgan fingerprint density at radius 2 is 1.81 bits per heavy atom. The van der Waals surface area contributed by atoms with Crippen molar-refractivity contribution in [3.05, 3.63) is 59.0 Å². The van der Waals surface area contributed by atoms with Gasteiger partial charge in [-0.05, 0) is 61.9 Å². The van der Waals surface area contributed by atoms with Crippen molar-refractivity contribution in [2.45, 2.75) is 51.0 Å². The van der Waals surface area contributed by atoms with Crippen molar-refractivity contribution >= 4 is 28.1 Å². The molecule has 0 amide bonds. The van der Waals surface area contributed by atoms with Gasteiger partial charge in [0, 0.05) is 60.8 Å². The second kappa shape index (κ2) is 9.33. The summed E-state index contributed by atoms with van der Waals surface area (Å²) in [5.74, 6) is 1.11. The number of fused-ring (bicyclic) bond motifs is 1. The van der Waals surface area contributed by atoms with Gasteiger partial charge in [0.05, 0.1) is 5.52 Å². The van der Waals surface area contributed by atoms with Crippen LogP contribution >= 0.6 is 0 Å². The highest BCUT2D eigenvalue weighted by Gasteiger charge is 2.20. The molecule has 5 rings (SSSR count). The normalized spacial score (nSPS) is 19.9. The molecule has 1 atom stereocenters. The zero-order chi connectivity index (χ0) is 21.9. The Labute approximate surface area is 188 Å². The highest BCUT2D eigenvalue weighted by molar-refractivity contribution is 5.81. The van der Waals surface area contributed by atoms with Crippen LogP contribution in [0.4, 0.5) is 17.2 Å². The standard InChI is InChI=1S/C26H32N4O2/c31-18-19-5-4-14-29(17-19)22-11-9-21(10-12-22)28-25-15-24-20(16-27-25)8-13-26(32)30(24)23-6-2-1-3-7-23/h8-13,15-16,19,23,31H,1-7,14,17-18H2,(H,27,28). The summed E-state index contributed by atoms with van der Waals surface area (Å²) in [6, 6.07) is 14.2. The van der Waals surface area contributed by atoms with E-state index in [0.717, 1.165) is 61.2 Å². The molecule has 3 heterocycles. The summed E-state index contributed by atoms with van der Waals surface area (Å²) in [6.45, 7) is 2.21. The van der Waals surface area contributed by atoms with E-state index in [1.807, 2.05) is 22.9 Å². The molecular formula is C26H32N4O2. The molecule has 0 spiro atoms. The van der Waals surface area contributed by atoms with Gasteiger partial charge < -0.3 is 19.9 Å². The van der Waals surface area contributed by atoms with E-state index in [9.17, 15) is 9.90 Å². The number of benzene rings is 1. The number of aromatic nitrogens is 2. The number of piperidine rings is 1. The predicted molar refractivity (Wildman–Crippen MR) is 130 cm³/mol. The van der Waals surface area contributed by atoms with Crippen molar-refractivity contribution in [1.82, 2.24) is 9.55 Å². The molecule has 6 heteroatoms. The summed E-state index contributed by atoms with van der Waals surface area (Å²) in [4.78, 5) is 19.7. The molecule has 32 heavy (non-hydrogen) atoms. The lowest BCUT2D eigenvalue weighted by Crippen LogP contribution is -2.36. The molecule has 2 aliphatic rings. The Balaban J connectivity index is 1.37. The van der Waals surface area contributed by atoms with Gasteiger partial charge in [0.25, 0.3) is 5.56 Å². The van der Waals surface area contributed by atoms with Crippen molar-refractivity contribution in [3.63, 3.8) is 0 Å². The lowest BCUT2D eigenvalue weighted by atomic mass is 9.95. The second-order valence-electron chi connectivity index (χ2n) is 9.27. The van der Waals surface area contributed by atoms with Crippen molar-refractivity contribution in [3.8, 4) is 0 Å². The van der Waals surface area contributed by atoms with Gasteiger partial charge in [0.2, 0.25) is 0 Å². The highest BCUT2D eigenvalue weighted by Crippen LogP contribution is 2.30. The molecule has 2 fully saturated rings. The number of rotatable bonds is 5. The molecule has 1 unspecified atom stereocenters. The number of aliphatic hydroxyl groups excluding tert-OH is 1. The Morgan fingerprint density at radius 3 is 2.59 bits per heavy atom. The Bertz CT molecular complexity index is 1120. The van der Waals surface area contributed by atoms with Gasteiger partial charge >= 0.3 is 0 Å². The third kappa shape index (κ3) is 4.37. The number of anilines is 3. The fraction of sp³-hybridized carbons (Fsp3) is 0.462. The monoisotopic (exact) mass is 432 g/mol. The molecule has 1 aliphatic heterocycles. The third-order valence-corrected chi connectivity index (χ3v) is 7.04. The Kier molecular flexibility index (Phi) is 6.12. The van der Waals surface area contributed by atoms with Gasteiger partial charge in [0.15, 0.2) is 0 Å². The van der Waals surface area contributed by atoms with E-state index >= 15 is 0 Å². The SMILES string of the molecule is O=c1ccc2cnc(Nc3ccc(N4CCCC(CO)C4)cc3)cc2n1C1CCCCC1. The van der Waals surface area contributed by atoms with Crippen LogP contribution in [0.3, 0.4) is 0 Å².